The van der Waals surface area contributed by atoms with E-state index in [1.807, 2.05) is 18.2 Å². The highest BCUT2D eigenvalue weighted by Crippen LogP contribution is 2.31. The first-order chi connectivity index (χ1) is 10.2. The van der Waals surface area contributed by atoms with Crippen LogP contribution in [0.5, 0.6) is 5.88 Å². The van der Waals surface area contributed by atoms with E-state index in [4.69, 9.17) is 16.3 Å². The SMILES string of the molecule is CN(Cc1ccccn1)C(=O)c1nn2c(c1Cl)OCCC2. The second kappa shape index (κ2) is 5.73. The van der Waals surface area contributed by atoms with E-state index in [1.54, 1.807) is 22.8 Å². The fourth-order valence-electron chi connectivity index (χ4n) is 2.22. The molecule has 0 N–H and O–H groups in total. The molecule has 1 aliphatic heterocycles. The Kier molecular flexibility index (Phi) is 3.79. The molecule has 0 fully saturated rings. The smallest absolute Gasteiger partial charge is 0.276 e. The van der Waals surface area contributed by atoms with Gasteiger partial charge in [-0.3, -0.25) is 9.78 Å². The lowest BCUT2D eigenvalue weighted by molar-refractivity contribution is 0.0776. The van der Waals surface area contributed by atoms with E-state index >= 15 is 0 Å². The van der Waals surface area contributed by atoms with E-state index in [0.29, 0.717) is 25.6 Å². The Labute approximate surface area is 127 Å². The van der Waals surface area contributed by atoms with Crippen molar-refractivity contribution < 1.29 is 9.53 Å². The van der Waals surface area contributed by atoms with Crippen LogP contribution in [-0.4, -0.2) is 39.2 Å². The zero-order valence-electron chi connectivity index (χ0n) is 11.6. The molecule has 2 aromatic heterocycles. The number of carbonyl (C=O) groups is 1. The van der Waals surface area contributed by atoms with Gasteiger partial charge in [0.2, 0.25) is 5.88 Å². The van der Waals surface area contributed by atoms with Crippen LogP contribution in [0.15, 0.2) is 24.4 Å². The second-order valence-electron chi connectivity index (χ2n) is 4.88. The Morgan fingerprint density at radius 2 is 2.38 bits per heavy atom. The molecule has 0 unspecified atom stereocenters. The number of aryl methyl sites for hydroxylation is 1. The van der Waals surface area contributed by atoms with Gasteiger partial charge in [-0.05, 0) is 12.1 Å². The quantitative estimate of drug-likeness (QED) is 0.870. The number of pyridine rings is 1. The molecule has 0 aliphatic carbocycles. The zero-order valence-corrected chi connectivity index (χ0v) is 12.4. The molecule has 0 spiro atoms. The van der Waals surface area contributed by atoms with Crippen LogP contribution in [-0.2, 0) is 13.1 Å². The molecule has 0 radical (unpaired) electrons. The number of hydrogen-bond donors (Lipinski definition) is 0. The molecule has 3 rings (SSSR count). The average molecular weight is 307 g/mol. The molecule has 6 nitrogen and oxygen atoms in total. The van der Waals surface area contributed by atoms with Crippen molar-refractivity contribution in [2.75, 3.05) is 13.7 Å². The summed E-state index contributed by atoms with van der Waals surface area (Å²) in [7, 11) is 1.70. The van der Waals surface area contributed by atoms with Gasteiger partial charge in [0.25, 0.3) is 5.91 Å². The highest BCUT2D eigenvalue weighted by Gasteiger charge is 2.26. The summed E-state index contributed by atoms with van der Waals surface area (Å²) < 4.78 is 7.12. The van der Waals surface area contributed by atoms with Crippen molar-refractivity contribution in [1.82, 2.24) is 19.7 Å². The summed E-state index contributed by atoms with van der Waals surface area (Å²) in [6, 6.07) is 5.59. The van der Waals surface area contributed by atoms with Crippen LogP contribution in [0.4, 0.5) is 0 Å². The van der Waals surface area contributed by atoms with Crippen LogP contribution < -0.4 is 4.74 Å². The van der Waals surface area contributed by atoms with Crippen LogP contribution in [0.2, 0.25) is 5.02 Å². The minimum absolute atomic E-state index is 0.229. The number of amides is 1. The molecule has 7 heteroatoms. The molecule has 1 aliphatic rings. The lowest BCUT2D eigenvalue weighted by Crippen LogP contribution is -2.27. The molecular formula is C14H15ClN4O2. The van der Waals surface area contributed by atoms with Crippen LogP contribution >= 0.6 is 11.6 Å². The molecule has 0 saturated carbocycles. The lowest BCUT2D eigenvalue weighted by atomic mass is 10.3. The summed E-state index contributed by atoms with van der Waals surface area (Å²) in [6.45, 7) is 1.72. The standard InChI is InChI=1S/C14H15ClN4O2/c1-18(9-10-5-2-3-6-16-10)13(20)12-11(15)14-19(17-12)7-4-8-21-14/h2-3,5-6H,4,7-9H2,1H3. The van der Waals surface area contributed by atoms with E-state index in [9.17, 15) is 4.79 Å². The van der Waals surface area contributed by atoms with Gasteiger partial charge in [-0.1, -0.05) is 17.7 Å². The molecule has 1 amide bonds. The van der Waals surface area contributed by atoms with Crippen LogP contribution in [0.25, 0.3) is 0 Å². The third-order valence-electron chi connectivity index (χ3n) is 3.28. The van der Waals surface area contributed by atoms with Crippen LogP contribution in [0.3, 0.4) is 0 Å². The minimum Gasteiger partial charge on any atom is -0.477 e. The van der Waals surface area contributed by atoms with Crippen molar-refractivity contribution in [1.29, 1.82) is 0 Å². The first-order valence-corrected chi connectivity index (χ1v) is 7.09. The van der Waals surface area contributed by atoms with Crippen molar-refractivity contribution in [3.8, 4) is 5.88 Å². The van der Waals surface area contributed by atoms with Crippen LogP contribution in [0.1, 0.15) is 22.6 Å². The third-order valence-corrected chi connectivity index (χ3v) is 3.62. The summed E-state index contributed by atoms with van der Waals surface area (Å²) in [5.41, 5.74) is 1.04. The maximum absolute atomic E-state index is 12.5. The predicted octanol–water partition coefficient (Wildman–Crippen LogP) is 1.99. The Bertz CT molecular complexity index is 656. The average Bonchev–Trinajstić information content (AvgIpc) is 2.85. The summed E-state index contributed by atoms with van der Waals surface area (Å²) in [4.78, 5) is 18.2. The van der Waals surface area contributed by atoms with Crippen molar-refractivity contribution in [3.05, 3.63) is 40.8 Å². The summed E-state index contributed by atoms with van der Waals surface area (Å²) >= 11 is 6.21. The monoisotopic (exact) mass is 306 g/mol. The summed E-state index contributed by atoms with van der Waals surface area (Å²) in [6.07, 6.45) is 2.56. The summed E-state index contributed by atoms with van der Waals surface area (Å²) in [5, 5.41) is 4.55. The van der Waals surface area contributed by atoms with Gasteiger partial charge in [0, 0.05) is 26.2 Å². The number of halogens is 1. The number of carbonyl (C=O) groups excluding carboxylic acids is 1. The molecule has 0 aromatic carbocycles. The molecule has 0 bridgehead atoms. The molecule has 21 heavy (non-hydrogen) atoms. The molecular weight excluding hydrogens is 292 g/mol. The predicted molar refractivity (Wildman–Crippen MR) is 77.4 cm³/mol. The van der Waals surface area contributed by atoms with Gasteiger partial charge in [0.15, 0.2) is 5.69 Å². The Hall–Kier alpha value is -2.08. The third kappa shape index (κ3) is 2.71. The Morgan fingerprint density at radius 1 is 1.52 bits per heavy atom. The topological polar surface area (TPSA) is 60.2 Å². The number of nitrogens with zero attached hydrogens (tertiary/aromatic N) is 4. The van der Waals surface area contributed by atoms with Gasteiger partial charge >= 0.3 is 0 Å². The molecule has 0 saturated heterocycles. The normalized spacial score (nSPS) is 13.4. The lowest BCUT2D eigenvalue weighted by Gasteiger charge is -2.15. The van der Waals surface area contributed by atoms with Gasteiger partial charge in [0.05, 0.1) is 18.8 Å². The van der Waals surface area contributed by atoms with E-state index in [1.165, 1.54) is 0 Å². The Balaban J connectivity index is 1.80. The highest BCUT2D eigenvalue weighted by molar-refractivity contribution is 6.34. The van der Waals surface area contributed by atoms with E-state index < -0.39 is 0 Å². The van der Waals surface area contributed by atoms with Gasteiger partial charge in [-0.25, -0.2) is 4.68 Å². The maximum Gasteiger partial charge on any atom is 0.276 e. The number of fused-ring (bicyclic) bond motifs is 1. The van der Waals surface area contributed by atoms with E-state index in [-0.39, 0.29) is 16.6 Å². The van der Waals surface area contributed by atoms with E-state index in [2.05, 4.69) is 10.1 Å². The zero-order chi connectivity index (χ0) is 14.8. The van der Waals surface area contributed by atoms with Crippen LogP contribution in [0, 0.1) is 0 Å². The van der Waals surface area contributed by atoms with Crippen molar-refractivity contribution in [2.45, 2.75) is 19.5 Å². The van der Waals surface area contributed by atoms with Gasteiger partial charge in [-0.2, -0.15) is 5.10 Å². The van der Waals surface area contributed by atoms with Crippen molar-refractivity contribution in [3.63, 3.8) is 0 Å². The summed E-state index contributed by atoms with van der Waals surface area (Å²) in [5.74, 6) is 0.244. The van der Waals surface area contributed by atoms with Crippen molar-refractivity contribution >= 4 is 17.5 Å². The molecule has 3 heterocycles. The Morgan fingerprint density at radius 3 is 3.10 bits per heavy atom. The number of hydrogen-bond acceptors (Lipinski definition) is 4. The molecule has 110 valence electrons. The maximum atomic E-state index is 12.5. The number of ether oxygens (including phenoxy) is 1. The largest absolute Gasteiger partial charge is 0.477 e. The highest BCUT2D eigenvalue weighted by atomic mass is 35.5. The molecule has 2 aromatic rings. The first kappa shape index (κ1) is 13.9. The minimum atomic E-state index is -0.240. The van der Waals surface area contributed by atoms with E-state index in [0.717, 1.165) is 12.1 Å². The van der Waals surface area contributed by atoms with Crippen molar-refractivity contribution in [2.24, 2.45) is 0 Å². The number of rotatable bonds is 3. The first-order valence-electron chi connectivity index (χ1n) is 6.71. The van der Waals surface area contributed by atoms with Gasteiger partial charge in [-0.15, -0.1) is 0 Å². The second-order valence-corrected chi connectivity index (χ2v) is 5.25. The van der Waals surface area contributed by atoms with Gasteiger partial charge < -0.3 is 9.64 Å². The fourth-order valence-corrected chi connectivity index (χ4v) is 2.49. The fraction of sp³-hybridized carbons (Fsp3) is 0.357. The van der Waals surface area contributed by atoms with Gasteiger partial charge in [0.1, 0.15) is 5.02 Å². The number of aromatic nitrogens is 3. The molecule has 0 atom stereocenters.